The van der Waals surface area contributed by atoms with Gasteiger partial charge in [0.1, 0.15) is 22.9 Å². The Morgan fingerprint density at radius 3 is 2.34 bits per heavy atom. The first kappa shape index (κ1) is 41.7. The van der Waals surface area contributed by atoms with Gasteiger partial charge in [0.05, 0.1) is 27.1 Å². The summed E-state index contributed by atoms with van der Waals surface area (Å²) in [6.07, 6.45) is 7.36. The van der Waals surface area contributed by atoms with Gasteiger partial charge < -0.3 is 19.9 Å². The molecule has 1 amide bonds. The quantitative estimate of drug-likeness (QED) is 0.102. The average molecular weight is 888 g/mol. The number of imidazole rings is 1. The number of halogens is 1. The van der Waals surface area contributed by atoms with Crippen molar-refractivity contribution in [1.82, 2.24) is 28.7 Å². The molecule has 4 N–H and O–H groups in total. The maximum Gasteiger partial charge on any atom is 0.438 e. The lowest BCUT2D eigenvalue weighted by molar-refractivity contribution is 0.0697. The number of benzene rings is 3. The maximum absolute atomic E-state index is 15.4. The monoisotopic (exact) mass is 887 g/mol. The summed E-state index contributed by atoms with van der Waals surface area (Å²) in [5, 5.41) is 4.87. The minimum Gasteiger partial charge on any atom is -0.402 e. The van der Waals surface area contributed by atoms with E-state index in [1.165, 1.54) is 14.7 Å². The number of hydrogen-bond donors (Lipinski definition) is 3. The smallest absolute Gasteiger partial charge is 0.402 e. The van der Waals surface area contributed by atoms with Crippen LogP contribution in [0.2, 0.25) is 0 Å². The first-order valence-corrected chi connectivity index (χ1v) is 23.4. The molecule has 3 aromatic carbocycles. The molecule has 332 valence electrons. The highest BCUT2D eigenvalue weighted by atomic mass is 32.2. The van der Waals surface area contributed by atoms with Crippen LogP contribution in [0.1, 0.15) is 91.3 Å². The van der Waals surface area contributed by atoms with Gasteiger partial charge in [-0.15, -0.1) is 0 Å². The number of fused-ring (bicyclic) bond motifs is 1. The van der Waals surface area contributed by atoms with Gasteiger partial charge in [-0.3, -0.25) is 23.4 Å². The van der Waals surface area contributed by atoms with Gasteiger partial charge in [-0.1, -0.05) is 18.1 Å². The number of carbonyl (C=O) groups is 1. The second-order valence-electron chi connectivity index (χ2n) is 17.8. The molecule has 64 heavy (non-hydrogen) atoms. The number of aromatic nitrogens is 5. The Morgan fingerprint density at radius 1 is 1.00 bits per heavy atom. The van der Waals surface area contributed by atoms with Gasteiger partial charge in [-0.05, 0) is 136 Å². The Kier molecular flexibility index (Phi) is 10.0. The predicted molar refractivity (Wildman–Crippen MR) is 240 cm³/mol. The van der Waals surface area contributed by atoms with Crippen LogP contribution in [-0.2, 0) is 20.0 Å². The van der Waals surface area contributed by atoms with Crippen LogP contribution >= 0.6 is 0 Å². The van der Waals surface area contributed by atoms with E-state index >= 15 is 4.79 Å². The van der Waals surface area contributed by atoms with Gasteiger partial charge in [0, 0.05) is 70.9 Å². The molecule has 0 unspecified atom stereocenters. The number of nitrogens with zero attached hydrogens (tertiary/aromatic N) is 6. The molecule has 2 saturated carbocycles. The molecule has 4 aliphatic rings. The minimum absolute atomic E-state index is 0.00168. The molecule has 15 nitrogen and oxygen atoms in total. The first-order chi connectivity index (χ1) is 30.7. The van der Waals surface area contributed by atoms with E-state index in [1.54, 1.807) is 67.5 Å². The number of carbonyl (C=O) groups excluding carboxylic acids is 1. The summed E-state index contributed by atoms with van der Waals surface area (Å²) in [6, 6.07) is 17.3. The van der Waals surface area contributed by atoms with Crippen molar-refractivity contribution >= 4 is 38.1 Å². The molecule has 3 aromatic heterocycles. The highest BCUT2D eigenvalue weighted by Gasteiger charge is 2.59. The number of aliphatic imine (C=N–C) groups is 1. The van der Waals surface area contributed by atoms with Gasteiger partial charge in [0.25, 0.3) is 5.91 Å². The number of aryl methyl sites for hydroxylation is 2. The van der Waals surface area contributed by atoms with E-state index in [2.05, 4.69) is 29.2 Å². The predicted octanol–water partition coefficient (Wildman–Crippen LogP) is 7.00. The third kappa shape index (κ3) is 6.87. The lowest BCUT2D eigenvalue weighted by atomic mass is 9.91. The van der Waals surface area contributed by atoms with Crippen molar-refractivity contribution < 1.29 is 22.7 Å². The Bertz CT molecular complexity index is 3140. The van der Waals surface area contributed by atoms with E-state index in [9.17, 15) is 18.2 Å². The molecule has 0 spiro atoms. The summed E-state index contributed by atoms with van der Waals surface area (Å²) < 4.78 is 52.1. The van der Waals surface area contributed by atoms with Gasteiger partial charge >= 0.3 is 11.4 Å². The molecule has 4 atom stereocenters. The van der Waals surface area contributed by atoms with Crippen LogP contribution in [-0.4, -0.2) is 75.7 Å². The van der Waals surface area contributed by atoms with Crippen molar-refractivity contribution in [2.45, 2.75) is 93.9 Å². The molecule has 5 heterocycles. The van der Waals surface area contributed by atoms with Crippen molar-refractivity contribution in [3.63, 3.8) is 0 Å². The zero-order chi connectivity index (χ0) is 44.8. The molecule has 10 rings (SSSR count). The van der Waals surface area contributed by atoms with Gasteiger partial charge in [-0.2, -0.15) is 0 Å². The van der Waals surface area contributed by atoms with Crippen molar-refractivity contribution in [1.29, 1.82) is 4.78 Å². The van der Waals surface area contributed by atoms with E-state index in [0.717, 1.165) is 36.6 Å². The molecular formula is C47H50FN9O6S. The van der Waals surface area contributed by atoms with E-state index in [4.69, 9.17) is 24.8 Å². The third-order valence-electron chi connectivity index (χ3n) is 13.7. The summed E-state index contributed by atoms with van der Waals surface area (Å²) in [5.74, 6) is -0.502. The Labute approximate surface area is 368 Å². The molecule has 17 heteroatoms. The van der Waals surface area contributed by atoms with Gasteiger partial charge in [-0.25, -0.2) is 28.0 Å². The van der Waals surface area contributed by atoms with E-state index < -0.39 is 32.8 Å². The Morgan fingerprint density at radius 2 is 1.70 bits per heavy atom. The number of nitrogens with two attached hydrogens (primary N) is 1. The van der Waals surface area contributed by atoms with Crippen molar-refractivity contribution in [2.24, 2.45) is 16.6 Å². The summed E-state index contributed by atoms with van der Waals surface area (Å²) in [5.41, 5.74) is 10.5. The van der Waals surface area contributed by atoms with Crippen LogP contribution in [0.15, 0.2) is 108 Å². The van der Waals surface area contributed by atoms with Crippen molar-refractivity contribution in [2.75, 3.05) is 19.8 Å². The topological polar surface area (TPSA) is 200 Å². The van der Waals surface area contributed by atoms with E-state index in [0.29, 0.717) is 75.7 Å². The summed E-state index contributed by atoms with van der Waals surface area (Å²) in [4.78, 5) is 52.3. The highest BCUT2D eigenvalue weighted by Crippen LogP contribution is 2.56. The SMILES string of the molecule is Cc1cc(N=C(C2=C(N)CCN(C(=O)c3cc4cc(C5CCOCC5)ccc4n3[C@@]3(c4noc(=O)[nH]4)C[C@@H]3C)[C@H]2C)n2ccn(-c3ccc([S@@](=N)(=O)C4CC4)cc3)c2=O)cc(C)c1F. The van der Waals surface area contributed by atoms with E-state index in [-0.39, 0.29) is 41.7 Å². The van der Waals surface area contributed by atoms with Crippen molar-refractivity contribution in [3.05, 3.63) is 139 Å². The van der Waals surface area contributed by atoms with Crippen LogP contribution in [0.25, 0.3) is 16.6 Å². The number of aromatic amines is 1. The second-order valence-corrected chi connectivity index (χ2v) is 20.2. The standard InChI is InChI=1S/C47H50FN9O6S/c1-26-21-33(22-27(2)41(26)48)51-42(56-18-17-55(46(56)60)34-6-8-35(9-7-34)64(50,61)36-10-11-36)40-29(4)54(16-13-37(40)49)43(58)39-24-32-23-31(30-14-19-62-20-15-30)5-12-38(32)57(39)47(25-28(47)3)44-52-45(59)63-53-44/h5-9,12,17-18,21-24,28-30,36,50H,10-11,13-16,19-20,25,49H2,1-4H3,(H,52,53,59)/t28-,29-,47-,64+/m0/s1. The molecule has 0 bridgehead atoms. The van der Waals surface area contributed by atoms with Crippen LogP contribution in [0.5, 0.6) is 0 Å². The lowest BCUT2D eigenvalue weighted by Crippen LogP contribution is -2.49. The summed E-state index contributed by atoms with van der Waals surface area (Å²) >= 11 is 0. The zero-order valence-electron chi connectivity index (χ0n) is 36.1. The van der Waals surface area contributed by atoms with Crippen LogP contribution in [0.4, 0.5) is 10.1 Å². The molecule has 0 radical (unpaired) electrons. The minimum atomic E-state index is -2.94. The summed E-state index contributed by atoms with van der Waals surface area (Å²) in [6.45, 7) is 8.84. The van der Waals surface area contributed by atoms with Crippen LogP contribution in [0.3, 0.4) is 0 Å². The average Bonchev–Trinajstić information content (AvgIpc) is 4.11. The normalized spacial score (nSPS) is 22.9. The number of hydrogen-bond acceptors (Lipinski definition) is 10. The number of amides is 1. The number of H-pyrrole nitrogens is 1. The Balaban J connectivity index is 1.07. The highest BCUT2D eigenvalue weighted by molar-refractivity contribution is 7.93. The fourth-order valence-corrected chi connectivity index (χ4v) is 11.6. The largest absolute Gasteiger partial charge is 0.438 e. The Hall–Kier alpha value is -6.33. The molecule has 1 saturated heterocycles. The van der Waals surface area contributed by atoms with Crippen LogP contribution in [0, 0.1) is 30.4 Å². The maximum atomic E-state index is 15.4. The van der Waals surface area contributed by atoms with Gasteiger partial charge in [0.15, 0.2) is 5.82 Å². The molecular weight excluding hydrogens is 838 g/mol. The zero-order valence-corrected chi connectivity index (χ0v) is 36.9. The lowest BCUT2D eigenvalue weighted by Gasteiger charge is -2.37. The van der Waals surface area contributed by atoms with Crippen LogP contribution < -0.4 is 17.2 Å². The third-order valence-corrected chi connectivity index (χ3v) is 16.1. The number of ether oxygens (including phenoxy) is 1. The molecule has 3 fully saturated rings. The van der Waals surface area contributed by atoms with E-state index in [1.807, 2.05) is 23.6 Å². The molecule has 2 aliphatic carbocycles. The molecule has 6 aromatic rings. The van der Waals surface area contributed by atoms with Crippen molar-refractivity contribution in [3.8, 4) is 5.69 Å². The van der Waals surface area contributed by atoms with Gasteiger partial charge in [0.2, 0.25) is 0 Å². The number of rotatable bonds is 9. The molecule has 2 aliphatic heterocycles. The summed E-state index contributed by atoms with van der Waals surface area (Å²) in [7, 11) is -2.94. The second kappa shape index (κ2) is 15.4. The fourth-order valence-electron chi connectivity index (χ4n) is 9.92. The first-order valence-electron chi connectivity index (χ1n) is 21.8. The fraction of sp³-hybridized carbons (Fsp3) is 0.383. The number of nitrogens with one attached hydrogen (secondary N) is 2.